The van der Waals surface area contributed by atoms with Crippen LogP contribution in [0.25, 0.3) is 0 Å². The summed E-state index contributed by atoms with van der Waals surface area (Å²) in [6, 6.07) is 1.19. The molecule has 0 spiro atoms. The van der Waals surface area contributed by atoms with Crippen molar-refractivity contribution in [3.05, 3.63) is 16.3 Å². The Hall–Kier alpha value is -0.960. The van der Waals surface area contributed by atoms with Gasteiger partial charge in [-0.2, -0.15) is 0 Å². The van der Waals surface area contributed by atoms with Gasteiger partial charge in [0, 0.05) is 12.6 Å². The zero-order chi connectivity index (χ0) is 14.9. The lowest BCUT2D eigenvalue weighted by molar-refractivity contribution is 0.0698. The van der Waals surface area contributed by atoms with E-state index in [0.717, 1.165) is 30.8 Å². The lowest BCUT2D eigenvalue weighted by Gasteiger charge is -2.34. The van der Waals surface area contributed by atoms with Crippen molar-refractivity contribution < 1.29 is 18.3 Å². The summed E-state index contributed by atoms with van der Waals surface area (Å²) in [5.41, 5.74) is 0. The Kier molecular flexibility index (Phi) is 4.48. The number of nitrogens with zero attached hydrogens (tertiary/aromatic N) is 1. The number of aromatic carboxylic acids is 1. The van der Waals surface area contributed by atoms with Crippen LogP contribution in [0.2, 0.25) is 0 Å². The van der Waals surface area contributed by atoms with Gasteiger partial charge in [0.1, 0.15) is 9.77 Å². The van der Waals surface area contributed by atoms with Gasteiger partial charge in [0.05, 0.1) is 0 Å². The van der Waals surface area contributed by atoms with Gasteiger partial charge in [0.15, 0.2) is 0 Å². The van der Waals surface area contributed by atoms with Crippen LogP contribution in [0.4, 0.5) is 0 Å². The summed E-state index contributed by atoms with van der Waals surface area (Å²) in [5.74, 6) is -1.02. The van der Waals surface area contributed by atoms with Gasteiger partial charge in [-0.1, -0.05) is 6.92 Å². The first-order valence-electron chi connectivity index (χ1n) is 6.33. The minimum atomic E-state index is -3.78. The molecule has 2 unspecified atom stereocenters. The summed E-state index contributed by atoms with van der Waals surface area (Å²) in [7, 11) is -1.78. The van der Waals surface area contributed by atoms with Crippen LogP contribution in [0.15, 0.2) is 16.3 Å². The third-order valence-corrected chi connectivity index (χ3v) is 6.09. The van der Waals surface area contributed by atoms with Crippen LogP contribution in [0, 0.1) is 5.92 Å². The lowest BCUT2D eigenvalue weighted by atomic mass is 9.95. The minimum absolute atomic E-state index is 0.138. The first-order valence-corrected chi connectivity index (χ1v) is 8.69. The molecule has 6 nitrogen and oxygen atoms in total. The lowest BCUT2D eigenvalue weighted by Crippen LogP contribution is -2.48. The number of rotatable bonds is 4. The highest BCUT2D eigenvalue weighted by Crippen LogP contribution is 2.24. The number of likely N-dealkylation sites (tertiary alicyclic amines) is 1. The number of carboxylic acid groups (broad SMARTS) is 1. The van der Waals surface area contributed by atoms with Crippen molar-refractivity contribution >= 4 is 27.3 Å². The fraction of sp³-hybridized carbons (Fsp3) is 0.583. The van der Waals surface area contributed by atoms with E-state index in [9.17, 15) is 13.2 Å². The zero-order valence-electron chi connectivity index (χ0n) is 11.4. The Bertz CT molecular complexity index is 596. The van der Waals surface area contributed by atoms with Gasteiger partial charge in [-0.25, -0.2) is 17.9 Å². The molecule has 1 fully saturated rings. The molecule has 0 radical (unpaired) electrons. The van der Waals surface area contributed by atoms with Crippen LogP contribution in [0.1, 0.15) is 23.0 Å². The standard InChI is InChI=1S/C12H18N2O4S2/c1-8-7-14(2)5-3-9(8)13-20(17,18)10-4-6-19-11(10)12(15)16/h4,6,8-9,13H,3,5,7H2,1-2H3,(H,15,16). The number of hydrogen-bond donors (Lipinski definition) is 2. The molecule has 8 heteroatoms. The summed E-state index contributed by atoms with van der Waals surface area (Å²) < 4.78 is 27.3. The quantitative estimate of drug-likeness (QED) is 0.867. The predicted octanol–water partition coefficient (Wildman–Crippen LogP) is 1.06. The third kappa shape index (κ3) is 3.20. The second-order valence-electron chi connectivity index (χ2n) is 5.18. The number of thiophene rings is 1. The first kappa shape index (κ1) is 15.4. The Balaban J connectivity index is 2.19. The Labute approximate surface area is 122 Å². The van der Waals surface area contributed by atoms with Crippen LogP contribution >= 0.6 is 11.3 Å². The van der Waals surface area contributed by atoms with E-state index >= 15 is 0 Å². The number of sulfonamides is 1. The SMILES string of the molecule is CC1CN(C)CCC1NS(=O)(=O)c1ccsc1C(=O)O. The molecule has 1 aliphatic heterocycles. The van der Waals surface area contributed by atoms with Gasteiger partial charge < -0.3 is 10.0 Å². The van der Waals surface area contributed by atoms with Gasteiger partial charge in [-0.15, -0.1) is 11.3 Å². The van der Waals surface area contributed by atoms with Gasteiger partial charge in [-0.3, -0.25) is 0 Å². The molecule has 0 aliphatic carbocycles. The molecule has 1 aromatic rings. The van der Waals surface area contributed by atoms with Crippen molar-refractivity contribution in [1.29, 1.82) is 0 Å². The third-order valence-electron chi connectivity index (χ3n) is 3.53. The molecule has 2 heterocycles. The smallest absolute Gasteiger partial charge is 0.347 e. The second-order valence-corrected chi connectivity index (χ2v) is 7.77. The molecule has 1 aromatic heterocycles. The maximum absolute atomic E-state index is 12.3. The molecule has 112 valence electrons. The normalized spacial score (nSPS) is 24.7. The minimum Gasteiger partial charge on any atom is -0.477 e. The van der Waals surface area contributed by atoms with Crippen molar-refractivity contribution in [2.24, 2.45) is 5.92 Å². The molecule has 20 heavy (non-hydrogen) atoms. The largest absolute Gasteiger partial charge is 0.477 e. The molecule has 0 bridgehead atoms. The maximum Gasteiger partial charge on any atom is 0.347 e. The van der Waals surface area contributed by atoms with E-state index in [0.29, 0.717) is 0 Å². The average Bonchev–Trinajstić information content (AvgIpc) is 2.82. The highest BCUT2D eigenvalue weighted by Gasteiger charge is 2.31. The highest BCUT2D eigenvalue weighted by atomic mass is 32.2. The number of carboxylic acids is 1. The first-order chi connectivity index (χ1) is 9.31. The Morgan fingerprint density at radius 3 is 2.85 bits per heavy atom. The second kappa shape index (κ2) is 5.80. The number of nitrogens with one attached hydrogen (secondary N) is 1. The van der Waals surface area contributed by atoms with Crippen molar-refractivity contribution in [3.8, 4) is 0 Å². The number of carbonyl (C=O) groups is 1. The summed E-state index contributed by atoms with van der Waals surface area (Å²) in [6.45, 7) is 3.64. The van der Waals surface area contributed by atoms with Crippen molar-refractivity contribution in [2.75, 3.05) is 20.1 Å². The molecule has 0 aromatic carbocycles. The summed E-state index contributed by atoms with van der Waals surface area (Å²) in [4.78, 5) is 12.9. The molecule has 0 saturated carbocycles. The fourth-order valence-electron chi connectivity index (χ4n) is 2.46. The van der Waals surface area contributed by atoms with Crippen LogP contribution in [-0.2, 0) is 10.0 Å². The Morgan fingerprint density at radius 1 is 1.55 bits per heavy atom. The van der Waals surface area contributed by atoms with Crippen molar-refractivity contribution in [1.82, 2.24) is 9.62 Å². The zero-order valence-corrected chi connectivity index (χ0v) is 13.0. The summed E-state index contributed by atoms with van der Waals surface area (Å²) >= 11 is 0.921. The van der Waals surface area contributed by atoms with E-state index in [1.165, 1.54) is 11.4 Å². The van der Waals surface area contributed by atoms with Gasteiger partial charge in [0.2, 0.25) is 10.0 Å². The molecule has 2 atom stereocenters. The van der Waals surface area contributed by atoms with Gasteiger partial charge >= 0.3 is 5.97 Å². The van der Waals surface area contributed by atoms with E-state index < -0.39 is 16.0 Å². The molecule has 2 N–H and O–H groups in total. The van der Waals surface area contributed by atoms with Crippen molar-refractivity contribution in [2.45, 2.75) is 24.3 Å². The topological polar surface area (TPSA) is 86.7 Å². The molecular formula is C12H18N2O4S2. The van der Waals surface area contributed by atoms with E-state index in [1.807, 2.05) is 14.0 Å². The number of hydrogen-bond acceptors (Lipinski definition) is 5. The monoisotopic (exact) mass is 318 g/mol. The van der Waals surface area contributed by atoms with Crippen LogP contribution in [-0.4, -0.2) is 50.6 Å². The van der Waals surface area contributed by atoms with Crippen LogP contribution in [0.5, 0.6) is 0 Å². The number of piperidine rings is 1. The van der Waals surface area contributed by atoms with Crippen LogP contribution in [0.3, 0.4) is 0 Å². The van der Waals surface area contributed by atoms with E-state index in [1.54, 1.807) is 0 Å². The predicted molar refractivity (Wildman–Crippen MR) is 76.7 cm³/mol. The van der Waals surface area contributed by atoms with Crippen LogP contribution < -0.4 is 4.72 Å². The van der Waals surface area contributed by atoms with Gasteiger partial charge in [-0.05, 0) is 37.4 Å². The van der Waals surface area contributed by atoms with E-state index in [2.05, 4.69) is 9.62 Å². The van der Waals surface area contributed by atoms with E-state index in [4.69, 9.17) is 5.11 Å². The average molecular weight is 318 g/mol. The Morgan fingerprint density at radius 2 is 2.25 bits per heavy atom. The molecule has 2 rings (SSSR count). The summed E-state index contributed by atoms with van der Waals surface area (Å²) in [5, 5.41) is 10.5. The highest BCUT2D eigenvalue weighted by molar-refractivity contribution is 7.89. The summed E-state index contributed by atoms with van der Waals surface area (Å²) in [6.07, 6.45) is 0.726. The molecule has 1 saturated heterocycles. The fourth-order valence-corrected chi connectivity index (χ4v) is 5.10. The molecule has 0 amide bonds. The molecule has 1 aliphatic rings. The van der Waals surface area contributed by atoms with Crippen molar-refractivity contribution in [3.63, 3.8) is 0 Å². The van der Waals surface area contributed by atoms with E-state index in [-0.39, 0.29) is 21.7 Å². The molecular weight excluding hydrogens is 300 g/mol. The maximum atomic E-state index is 12.3. The van der Waals surface area contributed by atoms with Gasteiger partial charge in [0.25, 0.3) is 0 Å².